The monoisotopic (exact) mass is 341 g/mol. The van der Waals surface area contributed by atoms with Crippen molar-refractivity contribution in [3.63, 3.8) is 0 Å². The lowest BCUT2D eigenvalue weighted by molar-refractivity contribution is -0.138. The van der Waals surface area contributed by atoms with Crippen molar-refractivity contribution in [1.29, 1.82) is 0 Å². The van der Waals surface area contributed by atoms with Crippen LogP contribution >= 0.6 is 0 Å². The standard InChI is InChI=1S/C17H31N3O4/c1-3-13-4-6-14(7-5-13)18-17(23)20-8-9-24-15(11-20)10-19(2)12-16(21)22/h13-15H,3-12H2,1-2H3,(H,18,23)(H,21,22). The first-order valence-corrected chi connectivity index (χ1v) is 9.05. The van der Waals surface area contributed by atoms with Crippen LogP contribution in [0.25, 0.3) is 0 Å². The van der Waals surface area contributed by atoms with E-state index in [2.05, 4.69) is 12.2 Å². The van der Waals surface area contributed by atoms with Crippen LogP contribution < -0.4 is 5.32 Å². The molecule has 0 aromatic carbocycles. The number of hydrogen-bond acceptors (Lipinski definition) is 4. The fraction of sp³-hybridized carbons (Fsp3) is 0.882. The molecule has 7 heteroatoms. The van der Waals surface area contributed by atoms with E-state index in [1.807, 2.05) is 0 Å². The van der Waals surface area contributed by atoms with Crippen LogP contribution in [0.4, 0.5) is 4.79 Å². The number of rotatable bonds is 6. The maximum atomic E-state index is 12.5. The molecule has 1 heterocycles. The summed E-state index contributed by atoms with van der Waals surface area (Å²) in [6, 6.07) is 0.278. The smallest absolute Gasteiger partial charge is 0.317 e. The Hall–Kier alpha value is -1.34. The first kappa shape index (κ1) is 19.0. The number of nitrogens with one attached hydrogen (secondary N) is 1. The lowest BCUT2D eigenvalue weighted by atomic mass is 9.84. The fourth-order valence-corrected chi connectivity index (χ4v) is 3.64. The van der Waals surface area contributed by atoms with Crippen LogP contribution in [0.5, 0.6) is 0 Å². The van der Waals surface area contributed by atoms with Gasteiger partial charge in [0.05, 0.1) is 19.3 Å². The Morgan fingerprint density at radius 2 is 2.00 bits per heavy atom. The van der Waals surface area contributed by atoms with Gasteiger partial charge in [0, 0.05) is 25.7 Å². The van der Waals surface area contributed by atoms with Gasteiger partial charge in [0.1, 0.15) is 0 Å². The maximum absolute atomic E-state index is 12.5. The molecule has 1 aliphatic heterocycles. The highest BCUT2D eigenvalue weighted by Crippen LogP contribution is 2.26. The van der Waals surface area contributed by atoms with Crippen LogP contribution in [0.1, 0.15) is 39.0 Å². The zero-order valence-corrected chi connectivity index (χ0v) is 14.9. The Balaban J connectivity index is 1.75. The van der Waals surface area contributed by atoms with Gasteiger partial charge in [-0.3, -0.25) is 9.69 Å². The van der Waals surface area contributed by atoms with E-state index in [-0.39, 0.29) is 24.7 Å². The molecule has 2 aliphatic rings. The van der Waals surface area contributed by atoms with Gasteiger partial charge in [-0.05, 0) is 38.6 Å². The summed E-state index contributed by atoms with van der Waals surface area (Å²) in [5.74, 6) is -0.0405. The lowest BCUT2D eigenvalue weighted by Crippen LogP contribution is -2.54. The predicted molar refractivity (Wildman–Crippen MR) is 91.0 cm³/mol. The molecular formula is C17H31N3O4. The van der Waals surface area contributed by atoms with E-state index < -0.39 is 5.97 Å². The third-order valence-electron chi connectivity index (χ3n) is 5.10. The molecule has 24 heavy (non-hydrogen) atoms. The Bertz CT molecular complexity index is 424. The van der Waals surface area contributed by atoms with Crippen LogP contribution in [-0.2, 0) is 9.53 Å². The SMILES string of the molecule is CCC1CCC(NC(=O)N2CCOC(CN(C)CC(=O)O)C2)CC1. The molecule has 2 N–H and O–H groups in total. The van der Waals surface area contributed by atoms with E-state index in [9.17, 15) is 9.59 Å². The summed E-state index contributed by atoms with van der Waals surface area (Å²) in [6.07, 6.45) is 5.64. The van der Waals surface area contributed by atoms with Gasteiger partial charge in [0.15, 0.2) is 0 Å². The van der Waals surface area contributed by atoms with Gasteiger partial charge in [-0.2, -0.15) is 0 Å². The average molecular weight is 341 g/mol. The van der Waals surface area contributed by atoms with E-state index in [1.165, 1.54) is 19.3 Å². The van der Waals surface area contributed by atoms with Gasteiger partial charge in [0.2, 0.25) is 0 Å². The minimum absolute atomic E-state index is 0.0101. The number of carboxylic acids is 1. The first-order chi connectivity index (χ1) is 11.5. The maximum Gasteiger partial charge on any atom is 0.317 e. The van der Waals surface area contributed by atoms with Crippen molar-refractivity contribution >= 4 is 12.0 Å². The van der Waals surface area contributed by atoms with Crippen molar-refractivity contribution in [2.45, 2.75) is 51.2 Å². The number of morpholine rings is 1. The summed E-state index contributed by atoms with van der Waals surface area (Å²) < 4.78 is 5.67. The van der Waals surface area contributed by atoms with Crippen molar-refractivity contribution in [1.82, 2.24) is 15.1 Å². The van der Waals surface area contributed by atoms with Crippen LogP contribution in [0, 0.1) is 5.92 Å². The summed E-state index contributed by atoms with van der Waals surface area (Å²) >= 11 is 0. The van der Waals surface area contributed by atoms with Gasteiger partial charge in [-0.15, -0.1) is 0 Å². The zero-order valence-electron chi connectivity index (χ0n) is 14.9. The summed E-state index contributed by atoms with van der Waals surface area (Å²) in [7, 11) is 1.75. The molecule has 1 saturated carbocycles. The van der Waals surface area contributed by atoms with Crippen molar-refractivity contribution in [3.8, 4) is 0 Å². The molecule has 1 unspecified atom stereocenters. The average Bonchev–Trinajstić information content (AvgIpc) is 2.55. The third-order valence-corrected chi connectivity index (χ3v) is 5.10. The van der Waals surface area contributed by atoms with Crippen LogP contribution in [-0.4, -0.2) is 78.9 Å². The minimum atomic E-state index is -0.856. The van der Waals surface area contributed by atoms with E-state index in [1.54, 1.807) is 16.8 Å². The molecule has 2 rings (SSSR count). The number of urea groups is 1. The van der Waals surface area contributed by atoms with Gasteiger partial charge in [-0.1, -0.05) is 13.3 Å². The van der Waals surface area contributed by atoms with E-state index in [0.717, 1.165) is 18.8 Å². The fourth-order valence-electron chi connectivity index (χ4n) is 3.64. The molecule has 2 amide bonds. The molecule has 0 aromatic rings. The Morgan fingerprint density at radius 1 is 1.29 bits per heavy atom. The molecule has 0 radical (unpaired) electrons. The number of carboxylic acid groups (broad SMARTS) is 1. The summed E-state index contributed by atoms with van der Waals surface area (Å²) in [5.41, 5.74) is 0. The second-order valence-electron chi connectivity index (χ2n) is 7.10. The zero-order chi connectivity index (χ0) is 17.5. The van der Waals surface area contributed by atoms with E-state index >= 15 is 0 Å². The largest absolute Gasteiger partial charge is 0.480 e. The van der Waals surface area contributed by atoms with Crippen LogP contribution in [0.2, 0.25) is 0 Å². The molecule has 0 spiro atoms. The Morgan fingerprint density at radius 3 is 2.62 bits per heavy atom. The molecule has 1 saturated heterocycles. The van der Waals surface area contributed by atoms with Crippen molar-refractivity contribution in [2.75, 3.05) is 39.8 Å². The molecule has 2 fully saturated rings. The first-order valence-electron chi connectivity index (χ1n) is 9.05. The Labute approximate surface area is 144 Å². The molecule has 7 nitrogen and oxygen atoms in total. The number of aliphatic carboxylic acids is 1. The number of carbonyl (C=O) groups excluding carboxylic acids is 1. The highest BCUT2D eigenvalue weighted by molar-refractivity contribution is 5.74. The summed E-state index contributed by atoms with van der Waals surface area (Å²) in [6.45, 7) is 4.33. The topological polar surface area (TPSA) is 82.1 Å². The second-order valence-corrected chi connectivity index (χ2v) is 7.10. The number of nitrogens with zero attached hydrogens (tertiary/aromatic N) is 2. The van der Waals surface area contributed by atoms with Gasteiger partial charge in [-0.25, -0.2) is 4.79 Å². The van der Waals surface area contributed by atoms with Crippen molar-refractivity contribution in [2.24, 2.45) is 5.92 Å². The highest BCUT2D eigenvalue weighted by atomic mass is 16.5. The Kier molecular flexibility index (Phi) is 7.30. The molecule has 0 aromatic heterocycles. The van der Waals surface area contributed by atoms with E-state index in [4.69, 9.17) is 9.84 Å². The highest BCUT2D eigenvalue weighted by Gasteiger charge is 2.28. The van der Waals surface area contributed by atoms with Gasteiger partial charge in [0.25, 0.3) is 0 Å². The van der Waals surface area contributed by atoms with Crippen molar-refractivity contribution < 1.29 is 19.4 Å². The minimum Gasteiger partial charge on any atom is -0.480 e. The number of amides is 2. The molecular weight excluding hydrogens is 310 g/mol. The van der Waals surface area contributed by atoms with Crippen LogP contribution in [0.15, 0.2) is 0 Å². The summed E-state index contributed by atoms with van der Waals surface area (Å²) in [4.78, 5) is 26.7. The molecule has 138 valence electrons. The normalized spacial score (nSPS) is 28.0. The lowest BCUT2D eigenvalue weighted by Gasteiger charge is -2.36. The third kappa shape index (κ3) is 5.94. The second kappa shape index (κ2) is 9.22. The van der Waals surface area contributed by atoms with Crippen LogP contribution in [0.3, 0.4) is 0 Å². The summed E-state index contributed by atoms with van der Waals surface area (Å²) in [5, 5.41) is 12.0. The number of hydrogen-bond donors (Lipinski definition) is 2. The van der Waals surface area contributed by atoms with E-state index in [0.29, 0.717) is 26.2 Å². The molecule has 1 aliphatic carbocycles. The quantitative estimate of drug-likeness (QED) is 0.763. The van der Waals surface area contributed by atoms with Crippen molar-refractivity contribution in [3.05, 3.63) is 0 Å². The number of carbonyl (C=O) groups is 2. The number of ether oxygens (including phenoxy) is 1. The predicted octanol–water partition coefficient (Wildman–Crippen LogP) is 1.38. The number of likely N-dealkylation sites (N-methyl/N-ethyl adjacent to an activating group) is 1. The molecule has 0 bridgehead atoms. The van der Waals surface area contributed by atoms with Gasteiger partial charge >= 0.3 is 12.0 Å². The molecule has 1 atom stereocenters. The van der Waals surface area contributed by atoms with Gasteiger partial charge < -0.3 is 20.1 Å².